The fraction of sp³-hybridized carbons (Fsp3) is 0.294. The molecule has 0 spiro atoms. The molecule has 21 heavy (non-hydrogen) atoms. The number of ether oxygens (including phenoxy) is 1. The van der Waals surface area contributed by atoms with E-state index in [-0.39, 0.29) is 18.6 Å². The molecule has 0 aliphatic rings. The van der Waals surface area contributed by atoms with Crippen molar-refractivity contribution in [2.45, 2.75) is 26.3 Å². The van der Waals surface area contributed by atoms with Gasteiger partial charge in [0.15, 0.2) is 6.61 Å². The number of pyridine rings is 1. The summed E-state index contributed by atoms with van der Waals surface area (Å²) in [4.78, 5) is 15.8. The predicted molar refractivity (Wildman–Crippen MR) is 82.1 cm³/mol. The Labute approximate surface area is 125 Å². The van der Waals surface area contributed by atoms with Gasteiger partial charge in [-0.2, -0.15) is 0 Å². The van der Waals surface area contributed by atoms with Gasteiger partial charge in [0.1, 0.15) is 5.75 Å². The Morgan fingerprint density at radius 2 is 1.86 bits per heavy atom. The van der Waals surface area contributed by atoms with Crippen LogP contribution in [0.4, 0.5) is 0 Å². The van der Waals surface area contributed by atoms with E-state index in [0.717, 1.165) is 12.0 Å². The Balaban J connectivity index is 1.81. The van der Waals surface area contributed by atoms with Gasteiger partial charge < -0.3 is 10.1 Å². The molecule has 0 unspecified atom stereocenters. The number of carbonyl (C=O) groups excluding carboxylic acids is 1. The summed E-state index contributed by atoms with van der Waals surface area (Å²) >= 11 is 0. The number of hydrogen-bond acceptors (Lipinski definition) is 3. The lowest BCUT2D eigenvalue weighted by Gasteiger charge is -2.14. The van der Waals surface area contributed by atoms with Gasteiger partial charge in [0.05, 0.1) is 6.04 Å². The molecule has 2 aromatic rings. The van der Waals surface area contributed by atoms with E-state index in [9.17, 15) is 4.79 Å². The summed E-state index contributed by atoms with van der Waals surface area (Å²) in [5.41, 5.74) is 2.27. The largest absolute Gasteiger partial charge is 0.484 e. The van der Waals surface area contributed by atoms with Crippen LogP contribution < -0.4 is 10.1 Å². The third kappa shape index (κ3) is 4.60. The molecule has 0 fully saturated rings. The maximum absolute atomic E-state index is 11.9. The highest BCUT2D eigenvalue weighted by Gasteiger charge is 2.09. The number of carbonyl (C=O) groups is 1. The lowest BCUT2D eigenvalue weighted by atomic mass is 10.1. The minimum atomic E-state index is -0.140. The van der Waals surface area contributed by atoms with E-state index in [1.807, 2.05) is 43.3 Å². The molecule has 1 heterocycles. The molecular formula is C17H20N2O2. The molecule has 2 rings (SSSR count). The van der Waals surface area contributed by atoms with Crippen molar-refractivity contribution in [3.05, 3.63) is 59.9 Å². The predicted octanol–water partition coefficient (Wildman–Crippen LogP) is 2.90. The van der Waals surface area contributed by atoms with Crippen molar-refractivity contribution < 1.29 is 9.53 Å². The zero-order valence-corrected chi connectivity index (χ0v) is 12.4. The molecule has 0 aliphatic heterocycles. The first-order valence-corrected chi connectivity index (χ1v) is 7.10. The van der Waals surface area contributed by atoms with E-state index in [1.165, 1.54) is 5.56 Å². The normalized spacial score (nSPS) is 11.7. The van der Waals surface area contributed by atoms with Crippen LogP contribution in [-0.4, -0.2) is 17.5 Å². The van der Waals surface area contributed by atoms with E-state index < -0.39 is 0 Å². The van der Waals surface area contributed by atoms with Crippen LogP contribution in [0.5, 0.6) is 5.75 Å². The Morgan fingerprint density at radius 1 is 1.19 bits per heavy atom. The summed E-state index contributed by atoms with van der Waals surface area (Å²) in [6, 6.07) is 11.5. The molecule has 1 N–H and O–H groups in total. The molecule has 0 bridgehead atoms. The number of amides is 1. The Morgan fingerprint density at radius 3 is 2.48 bits per heavy atom. The summed E-state index contributed by atoms with van der Waals surface area (Å²) in [6.07, 6.45) is 4.41. The SMILES string of the molecule is CCc1ccc(OCC(=O)N[C@@H](C)c2ccncc2)cc1. The molecular weight excluding hydrogens is 264 g/mol. The van der Waals surface area contributed by atoms with Crippen molar-refractivity contribution in [1.82, 2.24) is 10.3 Å². The summed E-state index contributed by atoms with van der Waals surface area (Å²) in [7, 11) is 0. The zero-order valence-electron chi connectivity index (χ0n) is 12.4. The second kappa shape index (κ2) is 7.43. The van der Waals surface area contributed by atoms with E-state index in [0.29, 0.717) is 5.75 Å². The topological polar surface area (TPSA) is 51.2 Å². The fourth-order valence-electron chi connectivity index (χ4n) is 1.99. The van der Waals surface area contributed by atoms with Crippen LogP contribution in [0, 0.1) is 0 Å². The highest BCUT2D eigenvalue weighted by Crippen LogP contribution is 2.13. The summed E-state index contributed by atoms with van der Waals surface area (Å²) in [6.45, 7) is 4.05. The van der Waals surface area contributed by atoms with E-state index in [2.05, 4.69) is 17.2 Å². The van der Waals surface area contributed by atoms with Crippen LogP contribution in [0.3, 0.4) is 0 Å². The smallest absolute Gasteiger partial charge is 0.258 e. The molecule has 0 aliphatic carbocycles. The van der Waals surface area contributed by atoms with E-state index in [1.54, 1.807) is 12.4 Å². The summed E-state index contributed by atoms with van der Waals surface area (Å²) < 4.78 is 5.48. The average Bonchev–Trinajstić information content (AvgIpc) is 2.54. The number of aryl methyl sites for hydroxylation is 1. The van der Waals surface area contributed by atoms with Crippen LogP contribution in [0.1, 0.15) is 31.0 Å². The second-order valence-electron chi connectivity index (χ2n) is 4.86. The average molecular weight is 284 g/mol. The monoisotopic (exact) mass is 284 g/mol. The van der Waals surface area contributed by atoms with Crippen LogP contribution in [-0.2, 0) is 11.2 Å². The van der Waals surface area contributed by atoms with Gasteiger partial charge in [-0.05, 0) is 48.7 Å². The number of hydrogen-bond donors (Lipinski definition) is 1. The number of benzene rings is 1. The van der Waals surface area contributed by atoms with Crippen LogP contribution in [0.2, 0.25) is 0 Å². The number of nitrogens with zero attached hydrogens (tertiary/aromatic N) is 1. The van der Waals surface area contributed by atoms with E-state index >= 15 is 0 Å². The molecule has 4 nitrogen and oxygen atoms in total. The quantitative estimate of drug-likeness (QED) is 0.887. The zero-order chi connectivity index (χ0) is 15.1. The molecule has 0 radical (unpaired) electrons. The third-order valence-corrected chi connectivity index (χ3v) is 3.29. The van der Waals surface area contributed by atoms with Crippen molar-refractivity contribution in [3.63, 3.8) is 0 Å². The maximum atomic E-state index is 11.9. The first kappa shape index (κ1) is 15.0. The van der Waals surface area contributed by atoms with Gasteiger partial charge in [0, 0.05) is 12.4 Å². The lowest BCUT2D eigenvalue weighted by Crippen LogP contribution is -2.31. The van der Waals surface area contributed by atoms with Gasteiger partial charge in [-0.3, -0.25) is 9.78 Å². The second-order valence-corrected chi connectivity index (χ2v) is 4.86. The standard InChI is InChI=1S/C17H20N2O2/c1-3-14-4-6-16(7-5-14)21-12-17(20)19-13(2)15-8-10-18-11-9-15/h4-11,13H,3,12H2,1-2H3,(H,19,20)/t13-/m0/s1. The maximum Gasteiger partial charge on any atom is 0.258 e. The fourth-order valence-corrected chi connectivity index (χ4v) is 1.99. The molecule has 1 atom stereocenters. The van der Waals surface area contributed by atoms with Crippen molar-refractivity contribution in [1.29, 1.82) is 0 Å². The minimum absolute atomic E-state index is 0.0148. The molecule has 1 amide bonds. The lowest BCUT2D eigenvalue weighted by molar-refractivity contribution is -0.123. The molecule has 1 aromatic heterocycles. The number of aromatic nitrogens is 1. The van der Waals surface area contributed by atoms with Crippen molar-refractivity contribution in [2.75, 3.05) is 6.61 Å². The van der Waals surface area contributed by atoms with Crippen LogP contribution >= 0.6 is 0 Å². The van der Waals surface area contributed by atoms with Crippen LogP contribution in [0.25, 0.3) is 0 Å². The van der Waals surface area contributed by atoms with Gasteiger partial charge >= 0.3 is 0 Å². The summed E-state index contributed by atoms with van der Waals surface area (Å²) in [5, 5.41) is 2.90. The molecule has 0 saturated carbocycles. The summed E-state index contributed by atoms with van der Waals surface area (Å²) in [5.74, 6) is 0.567. The Bertz CT molecular complexity index is 567. The molecule has 4 heteroatoms. The van der Waals surface area contributed by atoms with Gasteiger partial charge in [0.25, 0.3) is 5.91 Å². The van der Waals surface area contributed by atoms with Gasteiger partial charge in [-0.15, -0.1) is 0 Å². The highest BCUT2D eigenvalue weighted by molar-refractivity contribution is 5.78. The first-order chi connectivity index (χ1) is 10.2. The van der Waals surface area contributed by atoms with Gasteiger partial charge in [-0.1, -0.05) is 19.1 Å². The van der Waals surface area contributed by atoms with E-state index in [4.69, 9.17) is 4.74 Å². The minimum Gasteiger partial charge on any atom is -0.484 e. The van der Waals surface area contributed by atoms with Gasteiger partial charge in [-0.25, -0.2) is 0 Å². The van der Waals surface area contributed by atoms with Crippen LogP contribution in [0.15, 0.2) is 48.8 Å². The third-order valence-electron chi connectivity index (χ3n) is 3.29. The van der Waals surface area contributed by atoms with Crippen molar-refractivity contribution >= 4 is 5.91 Å². The highest BCUT2D eigenvalue weighted by atomic mass is 16.5. The molecule has 110 valence electrons. The number of nitrogens with one attached hydrogen (secondary N) is 1. The first-order valence-electron chi connectivity index (χ1n) is 7.10. The Hall–Kier alpha value is -2.36. The van der Waals surface area contributed by atoms with Crippen molar-refractivity contribution in [3.8, 4) is 5.75 Å². The van der Waals surface area contributed by atoms with Crippen molar-refractivity contribution in [2.24, 2.45) is 0 Å². The molecule has 0 saturated heterocycles. The Kier molecular flexibility index (Phi) is 5.32. The van der Waals surface area contributed by atoms with Gasteiger partial charge in [0.2, 0.25) is 0 Å². The molecule has 1 aromatic carbocycles. The number of rotatable bonds is 6.